The Morgan fingerprint density at radius 3 is 2.53 bits per heavy atom. The highest BCUT2D eigenvalue weighted by Crippen LogP contribution is 2.10. The molecule has 106 valence electrons. The summed E-state index contributed by atoms with van der Waals surface area (Å²) in [7, 11) is 0. The second-order valence-corrected chi connectivity index (χ2v) is 4.49. The molecule has 1 rings (SSSR count). The zero-order chi connectivity index (χ0) is 14.4. The number of hydrogen-bond donors (Lipinski definition) is 1. The molecule has 6 heteroatoms. The number of carbonyl (C=O) groups excluding carboxylic acids is 1. The maximum atomic E-state index is 12.3. The molecule has 0 aliphatic rings. The summed E-state index contributed by atoms with van der Waals surface area (Å²) in [5.74, 6) is -0.342. The van der Waals surface area contributed by atoms with E-state index < -0.39 is 5.97 Å². The summed E-state index contributed by atoms with van der Waals surface area (Å²) in [6.07, 6.45) is 1.55. The molecular weight excluding hydrogens is 248 g/mol. The first-order valence-electron chi connectivity index (χ1n) is 6.25. The van der Waals surface area contributed by atoms with Crippen molar-refractivity contribution in [3.8, 4) is 0 Å². The summed E-state index contributed by atoms with van der Waals surface area (Å²) in [6.45, 7) is 5.96. The fourth-order valence-electron chi connectivity index (χ4n) is 1.70. The number of amides is 2. The molecule has 1 aromatic heterocycles. The van der Waals surface area contributed by atoms with E-state index in [9.17, 15) is 9.59 Å². The average molecular weight is 268 g/mol. The third-order valence-corrected chi connectivity index (χ3v) is 2.75. The highest BCUT2D eigenvalue weighted by molar-refractivity contribution is 5.80. The van der Waals surface area contributed by atoms with Gasteiger partial charge in [0.25, 0.3) is 0 Å². The van der Waals surface area contributed by atoms with Gasteiger partial charge < -0.3 is 19.3 Å². The van der Waals surface area contributed by atoms with Crippen LogP contribution in [0.4, 0.5) is 4.79 Å². The van der Waals surface area contributed by atoms with Crippen LogP contribution >= 0.6 is 0 Å². The molecule has 1 N–H and O–H groups in total. The lowest BCUT2D eigenvalue weighted by atomic mass is 10.3. The molecule has 0 atom stereocenters. The molecule has 6 nitrogen and oxygen atoms in total. The Hall–Kier alpha value is -1.98. The van der Waals surface area contributed by atoms with E-state index in [1.807, 2.05) is 6.92 Å². The minimum Gasteiger partial charge on any atom is -0.480 e. The van der Waals surface area contributed by atoms with E-state index in [0.29, 0.717) is 18.8 Å². The number of carboxylic acids is 1. The monoisotopic (exact) mass is 268 g/mol. The van der Waals surface area contributed by atoms with Crippen LogP contribution in [0.15, 0.2) is 22.8 Å². The lowest BCUT2D eigenvalue weighted by Crippen LogP contribution is -2.48. The van der Waals surface area contributed by atoms with E-state index in [1.54, 1.807) is 37.1 Å². The number of aliphatic carboxylic acids is 1. The molecule has 0 saturated heterocycles. The Morgan fingerprint density at radius 2 is 2.11 bits per heavy atom. The zero-order valence-corrected chi connectivity index (χ0v) is 11.5. The fourth-order valence-corrected chi connectivity index (χ4v) is 1.70. The number of nitrogens with zero attached hydrogens (tertiary/aromatic N) is 2. The van der Waals surface area contributed by atoms with E-state index >= 15 is 0 Å². The smallest absolute Gasteiger partial charge is 0.323 e. The average Bonchev–Trinajstić information content (AvgIpc) is 2.84. The maximum absolute atomic E-state index is 12.3. The molecule has 0 aromatic carbocycles. The van der Waals surface area contributed by atoms with Gasteiger partial charge >= 0.3 is 12.0 Å². The van der Waals surface area contributed by atoms with Crippen LogP contribution in [0.25, 0.3) is 0 Å². The number of urea groups is 1. The predicted molar refractivity (Wildman–Crippen MR) is 69.7 cm³/mol. The van der Waals surface area contributed by atoms with E-state index in [2.05, 4.69) is 0 Å². The van der Waals surface area contributed by atoms with Crippen molar-refractivity contribution in [1.82, 2.24) is 9.80 Å². The van der Waals surface area contributed by atoms with Crippen molar-refractivity contribution in [2.75, 3.05) is 13.1 Å². The number of rotatable bonds is 6. The first kappa shape index (κ1) is 15.1. The van der Waals surface area contributed by atoms with Gasteiger partial charge in [0.05, 0.1) is 12.8 Å². The van der Waals surface area contributed by atoms with Crippen molar-refractivity contribution in [2.24, 2.45) is 0 Å². The van der Waals surface area contributed by atoms with Crippen LogP contribution < -0.4 is 0 Å². The number of carbonyl (C=O) groups is 2. The largest absolute Gasteiger partial charge is 0.480 e. The Balaban J connectivity index is 2.77. The first-order chi connectivity index (χ1) is 8.95. The molecule has 0 unspecified atom stereocenters. The molecule has 2 amide bonds. The van der Waals surface area contributed by atoms with Gasteiger partial charge in [-0.3, -0.25) is 4.79 Å². The van der Waals surface area contributed by atoms with Gasteiger partial charge in [-0.15, -0.1) is 0 Å². The van der Waals surface area contributed by atoms with Gasteiger partial charge in [0, 0.05) is 12.6 Å². The summed E-state index contributed by atoms with van der Waals surface area (Å²) < 4.78 is 5.21. The van der Waals surface area contributed by atoms with Gasteiger partial charge in [-0.25, -0.2) is 4.79 Å². The van der Waals surface area contributed by atoms with E-state index in [0.717, 1.165) is 0 Å². The molecule has 0 saturated carbocycles. The van der Waals surface area contributed by atoms with Crippen molar-refractivity contribution in [3.05, 3.63) is 24.2 Å². The molecule has 0 fully saturated rings. The molecule has 0 aliphatic heterocycles. The maximum Gasteiger partial charge on any atom is 0.323 e. The summed E-state index contributed by atoms with van der Waals surface area (Å²) >= 11 is 0. The van der Waals surface area contributed by atoms with Crippen LogP contribution in [-0.2, 0) is 11.3 Å². The topological polar surface area (TPSA) is 74.0 Å². The highest BCUT2D eigenvalue weighted by atomic mass is 16.4. The molecule has 0 bridgehead atoms. The molecule has 1 heterocycles. The van der Waals surface area contributed by atoms with Crippen LogP contribution in [0.3, 0.4) is 0 Å². The van der Waals surface area contributed by atoms with Crippen molar-refractivity contribution in [3.63, 3.8) is 0 Å². The second-order valence-electron chi connectivity index (χ2n) is 4.49. The first-order valence-corrected chi connectivity index (χ1v) is 6.25. The minimum absolute atomic E-state index is 0.172. The third-order valence-electron chi connectivity index (χ3n) is 2.75. The van der Waals surface area contributed by atoms with Crippen molar-refractivity contribution in [1.29, 1.82) is 0 Å². The molecule has 1 aromatic rings. The Bertz CT molecular complexity index is 414. The Labute approximate surface area is 112 Å². The zero-order valence-electron chi connectivity index (χ0n) is 11.5. The molecular formula is C13H20N2O4. The van der Waals surface area contributed by atoms with Gasteiger partial charge in [-0.1, -0.05) is 0 Å². The fraction of sp³-hybridized carbons (Fsp3) is 0.538. The summed E-state index contributed by atoms with van der Waals surface area (Å²) in [5, 5.41) is 8.86. The van der Waals surface area contributed by atoms with Crippen LogP contribution in [0.2, 0.25) is 0 Å². The van der Waals surface area contributed by atoms with E-state index in [1.165, 1.54) is 4.90 Å². The molecule has 0 spiro atoms. The summed E-state index contributed by atoms with van der Waals surface area (Å²) in [5.41, 5.74) is 0. The second kappa shape index (κ2) is 6.82. The van der Waals surface area contributed by atoms with Crippen LogP contribution in [0.1, 0.15) is 26.5 Å². The van der Waals surface area contributed by atoms with E-state index in [4.69, 9.17) is 9.52 Å². The minimum atomic E-state index is -1.02. The summed E-state index contributed by atoms with van der Waals surface area (Å²) in [4.78, 5) is 26.0. The lowest BCUT2D eigenvalue weighted by molar-refractivity contribution is -0.138. The molecule has 0 radical (unpaired) electrons. The lowest BCUT2D eigenvalue weighted by Gasteiger charge is -2.31. The van der Waals surface area contributed by atoms with Crippen LogP contribution in [0.5, 0.6) is 0 Å². The Kier molecular flexibility index (Phi) is 5.41. The van der Waals surface area contributed by atoms with Crippen molar-refractivity contribution >= 4 is 12.0 Å². The standard InChI is InChI=1S/C13H20N2O4/c1-4-14(8-11-6-5-7-19-11)13(18)15(10(2)3)9-12(16)17/h5-7,10H,4,8-9H2,1-3H3,(H,16,17). The predicted octanol–water partition coefficient (Wildman–Crippen LogP) is 2.02. The van der Waals surface area contributed by atoms with Gasteiger partial charge in [-0.05, 0) is 32.9 Å². The van der Waals surface area contributed by atoms with Crippen molar-refractivity contribution in [2.45, 2.75) is 33.4 Å². The quantitative estimate of drug-likeness (QED) is 0.856. The van der Waals surface area contributed by atoms with Gasteiger partial charge in [0.2, 0.25) is 0 Å². The number of carboxylic acid groups (broad SMARTS) is 1. The van der Waals surface area contributed by atoms with Crippen LogP contribution in [-0.4, -0.2) is 46.0 Å². The number of hydrogen-bond acceptors (Lipinski definition) is 3. The molecule has 19 heavy (non-hydrogen) atoms. The number of furan rings is 1. The van der Waals surface area contributed by atoms with Gasteiger partial charge in [0.15, 0.2) is 0 Å². The van der Waals surface area contributed by atoms with Gasteiger partial charge in [-0.2, -0.15) is 0 Å². The van der Waals surface area contributed by atoms with E-state index in [-0.39, 0.29) is 18.6 Å². The van der Waals surface area contributed by atoms with Crippen LogP contribution in [0, 0.1) is 0 Å². The normalized spacial score (nSPS) is 10.5. The third kappa shape index (κ3) is 4.31. The van der Waals surface area contributed by atoms with Crippen molar-refractivity contribution < 1.29 is 19.1 Å². The SMILES string of the molecule is CCN(Cc1ccco1)C(=O)N(CC(=O)O)C(C)C. The highest BCUT2D eigenvalue weighted by Gasteiger charge is 2.24. The summed E-state index contributed by atoms with van der Waals surface area (Å²) in [6, 6.07) is 3.07. The van der Waals surface area contributed by atoms with Gasteiger partial charge in [0.1, 0.15) is 12.3 Å². The molecule has 0 aliphatic carbocycles. The Morgan fingerprint density at radius 1 is 1.42 bits per heavy atom.